The molecule has 0 bridgehead atoms. The summed E-state index contributed by atoms with van der Waals surface area (Å²) in [5, 5.41) is 12.5. The Balaban J connectivity index is 1.66. The number of likely N-dealkylation sites (N-methyl/N-ethyl adjacent to an activating group) is 1. The summed E-state index contributed by atoms with van der Waals surface area (Å²) in [6.45, 7) is 0. The van der Waals surface area contributed by atoms with E-state index >= 15 is 0 Å². The number of carbonyl (C=O) groups is 1. The van der Waals surface area contributed by atoms with Gasteiger partial charge in [-0.1, -0.05) is 35.9 Å². The van der Waals surface area contributed by atoms with Crippen molar-refractivity contribution in [2.75, 3.05) is 19.1 Å². The van der Waals surface area contributed by atoms with Gasteiger partial charge in [0.2, 0.25) is 0 Å². The van der Waals surface area contributed by atoms with Crippen LogP contribution in [0.25, 0.3) is 17.0 Å². The Labute approximate surface area is 167 Å². The van der Waals surface area contributed by atoms with Crippen LogP contribution in [0.15, 0.2) is 54.6 Å². The smallest absolute Gasteiger partial charge is 0.263 e. The number of fused-ring (bicyclic) bond motifs is 2. The molecule has 0 fully saturated rings. The van der Waals surface area contributed by atoms with Crippen LogP contribution in [-0.2, 0) is 10.4 Å². The normalized spacial score (nSPS) is 18.9. The lowest BCUT2D eigenvalue weighted by Gasteiger charge is -2.20. The maximum absolute atomic E-state index is 12.6. The van der Waals surface area contributed by atoms with Gasteiger partial charge in [0.15, 0.2) is 5.60 Å². The Morgan fingerprint density at radius 1 is 1.25 bits per heavy atom. The van der Waals surface area contributed by atoms with Crippen molar-refractivity contribution >= 4 is 40.2 Å². The highest BCUT2D eigenvalue weighted by molar-refractivity contribution is 6.31. The standard InChI is InChI=1S/C22H19ClN2O3/c1-25-19-8-4-3-7-17(19)22(27,21(25)26)11-5-6-15-13-20(28-2)16-10-9-14(23)12-18(16)24-15/h3-10,12-13,27H,11H2,1-2H3/b6-5+/t22-/m0/s1. The van der Waals surface area contributed by atoms with E-state index < -0.39 is 5.60 Å². The van der Waals surface area contributed by atoms with E-state index in [1.165, 1.54) is 4.90 Å². The highest BCUT2D eigenvalue weighted by Gasteiger charge is 2.47. The first kappa shape index (κ1) is 18.5. The minimum absolute atomic E-state index is 0.144. The molecular formula is C22H19ClN2O3. The lowest BCUT2D eigenvalue weighted by Crippen LogP contribution is -2.38. The van der Waals surface area contributed by atoms with Gasteiger partial charge in [0.25, 0.3) is 5.91 Å². The number of rotatable bonds is 4. The van der Waals surface area contributed by atoms with Crippen LogP contribution in [0.1, 0.15) is 17.7 Å². The summed E-state index contributed by atoms with van der Waals surface area (Å²) < 4.78 is 5.46. The number of hydrogen-bond acceptors (Lipinski definition) is 4. The van der Waals surface area contributed by atoms with Gasteiger partial charge in [0.05, 0.1) is 24.0 Å². The molecule has 0 radical (unpaired) electrons. The third kappa shape index (κ3) is 2.93. The number of ether oxygens (including phenoxy) is 1. The van der Waals surface area contributed by atoms with Gasteiger partial charge in [-0.3, -0.25) is 4.79 Å². The molecule has 2 aromatic carbocycles. The van der Waals surface area contributed by atoms with Crippen LogP contribution < -0.4 is 9.64 Å². The van der Waals surface area contributed by atoms with Crippen molar-refractivity contribution in [1.29, 1.82) is 0 Å². The van der Waals surface area contributed by atoms with Crippen molar-refractivity contribution in [2.24, 2.45) is 0 Å². The van der Waals surface area contributed by atoms with Crippen LogP contribution in [0.3, 0.4) is 0 Å². The van der Waals surface area contributed by atoms with Crippen LogP contribution in [0.5, 0.6) is 5.75 Å². The Bertz CT molecular complexity index is 1110. The van der Waals surface area contributed by atoms with Gasteiger partial charge >= 0.3 is 0 Å². The Morgan fingerprint density at radius 2 is 2.04 bits per heavy atom. The third-order valence-electron chi connectivity index (χ3n) is 5.04. The van der Waals surface area contributed by atoms with Crippen molar-refractivity contribution in [3.63, 3.8) is 0 Å². The van der Waals surface area contributed by atoms with E-state index in [1.54, 1.807) is 44.5 Å². The molecule has 28 heavy (non-hydrogen) atoms. The van der Waals surface area contributed by atoms with E-state index in [9.17, 15) is 9.90 Å². The SMILES string of the molecule is COc1cc(/C=C/C[C@@]2(O)C(=O)N(C)c3ccccc32)nc2cc(Cl)ccc12. The number of amides is 1. The van der Waals surface area contributed by atoms with Crippen LogP contribution in [0.4, 0.5) is 5.69 Å². The second-order valence-electron chi connectivity index (χ2n) is 6.76. The first-order valence-corrected chi connectivity index (χ1v) is 9.23. The zero-order chi connectivity index (χ0) is 19.9. The second-order valence-corrected chi connectivity index (χ2v) is 7.20. The average molecular weight is 395 g/mol. The molecule has 1 amide bonds. The molecule has 142 valence electrons. The summed E-state index contributed by atoms with van der Waals surface area (Å²) in [6.07, 6.45) is 3.67. The van der Waals surface area contributed by atoms with Crippen molar-refractivity contribution < 1.29 is 14.6 Å². The largest absolute Gasteiger partial charge is 0.496 e. The number of pyridine rings is 1. The van der Waals surface area contributed by atoms with Gasteiger partial charge in [0.1, 0.15) is 5.75 Å². The van der Waals surface area contributed by atoms with E-state index in [-0.39, 0.29) is 12.3 Å². The number of carbonyl (C=O) groups excluding carboxylic acids is 1. The summed E-state index contributed by atoms with van der Waals surface area (Å²) in [7, 11) is 3.27. The second kappa shape index (κ2) is 6.93. The zero-order valence-electron chi connectivity index (χ0n) is 15.5. The minimum atomic E-state index is -1.58. The summed E-state index contributed by atoms with van der Waals surface area (Å²) in [6, 6.07) is 14.5. The predicted octanol–water partition coefficient (Wildman–Crippen LogP) is 4.16. The monoisotopic (exact) mass is 394 g/mol. The molecule has 1 N–H and O–H groups in total. The van der Waals surface area contributed by atoms with Crippen LogP contribution in [0.2, 0.25) is 5.02 Å². The maximum atomic E-state index is 12.6. The number of para-hydroxylation sites is 1. The van der Waals surface area contributed by atoms with Crippen LogP contribution in [0, 0.1) is 0 Å². The zero-order valence-corrected chi connectivity index (χ0v) is 16.3. The first-order valence-electron chi connectivity index (χ1n) is 8.85. The average Bonchev–Trinajstić information content (AvgIpc) is 2.89. The summed E-state index contributed by atoms with van der Waals surface area (Å²) in [5.41, 5.74) is 1.13. The molecule has 5 nitrogen and oxygen atoms in total. The summed E-state index contributed by atoms with van der Waals surface area (Å²) in [5.74, 6) is 0.344. The van der Waals surface area contributed by atoms with Crippen molar-refractivity contribution in [3.8, 4) is 5.75 Å². The molecule has 2 heterocycles. The van der Waals surface area contributed by atoms with Gasteiger partial charge < -0.3 is 14.7 Å². The number of aromatic nitrogens is 1. The van der Waals surface area contributed by atoms with Crippen LogP contribution >= 0.6 is 11.6 Å². The van der Waals surface area contributed by atoms with E-state index in [4.69, 9.17) is 16.3 Å². The van der Waals surface area contributed by atoms with Crippen molar-refractivity contribution in [1.82, 2.24) is 4.98 Å². The molecule has 1 atom stereocenters. The van der Waals surface area contributed by atoms with Crippen LogP contribution in [-0.4, -0.2) is 30.2 Å². The van der Waals surface area contributed by atoms with E-state index in [2.05, 4.69) is 4.98 Å². The molecule has 1 aromatic heterocycles. The lowest BCUT2D eigenvalue weighted by atomic mass is 9.91. The summed E-state index contributed by atoms with van der Waals surface area (Å²) in [4.78, 5) is 18.7. The fraction of sp³-hybridized carbons (Fsp3) is 0.182. The van der Waals surface area contributed by atoms with Crippen molar-refractivity contribution in [3.05, 3.63) is 70.9 Å². The third-order valence-corrected chi connectivity index (χ3v) is 5.28. The Morgan fingerprint density at radius 3 is 2.82 bits per heavy atom. The molecule has 0 aliphatic carbocycles. The number of hydrogen-bond donors (Lipinski definition) is 1. The van der Waals surface area contributed by atoms with Gasteiger partial charge in [-0.05, 0) is 30.3 Å². The molecule has 0 unspecified atom stereocenters. The van der Waals surface area contributed by atoms with Gasteiger partial charge in [-0.25, -0.2) is 4.98 Å². The molecule has 4 rings (SSSR count). The fourth-order valence-corrected chi connectivity index (χ4v) is 3.78. The summed E-state index contributed by atoms with van der Waals surface area (Å²) >= 11 is 6.08. The highest BCUT2D eigenvalue weighted by Crippen LogP contribution is 2.41. The van der Waals surface area contributed by atoms with Crippen molar-refractivity contribution in [2.45, 2.75) is 12.0 Å². The maximum Gasteiger partial charge on any atom is 0.263 e. The Hall–Kier alpha value is -2.89. The minimum Gasteiger partial charge on any atom is -0.496 e. The number of methoxy groups -OCH3 is 1. The molecule has 3 aromatic rings. The number of nitrogens with zero attached hydrogens (tertiary/aromatic N) is 2. The van der Waals surface area contributed by atoms with Gasteiger partial charge in [-0.2, -0.15) is 0 Å². The molecule has 0 saturated heterocycles. The fourth-order valence-electron chi connectivity index (χ4n) is 3.61. The quantitative estimate of drug-likeness (QED) is 0.721. The molecule has 1 aliphatic heterocycles. The highest BCUT2D eigenvalue weighted by atomic mass is 35.5. The number of anilines is 1. The van der Waals surface area contributed by atoms with Gasteiger partial charge in [-0.15, -0.1) is 0 Å². The molecule has 0 saturated carbocycles. The number of benzene rings is 2. The molecule has 0 spiro atoms. The molecule has 6 heteroatoms. The first-order chi connectivity index (χ1) is 13.4. The molecular weight excluding hydrogens is 376 g/mol. The van der Waals surface area contributed by atoms with Gasteiger partial charge in [0, 0.05) is 35.5 Å². The number of halogens is 1. The van der Waals surface area contributed by atoms with E-state index in [1.807, 2.05) is 30.3 Å². The molecule has 1 aliphatic rings. The number of aliphatic hydroxyl groups is 1. The van der Waals surface area contributed by atoms with E-state index in [0.29, 0.717) is 27.5 Å². The predicted molar refractivity (Wildman–Crippen MR) is 111 cm³/mol. The Kier molecular flexibility index (Phi) is 4.57. The lowest BCUT2D eigenvalue weighted by molar-refractivity contribution is -0.135. The topological polar surface area (TPSA) is 62.7 Å². The van der Waals surface area contributed by atoms with E-state index in [0.717, 1.165) is 11.1 Å².